The van der Waals surface area contributed by atoms with Crippen LogP contribution in [0.3, 0.4) is 0 Å². The molecule has 2 aromatic carbocycles. The Hall–Kier alpha value is -0.390. The topological polar surface area (TPSA) is 12.0 Å². The van der Waals surface area contributed by atoms with Gasteiger partial charge in [0, 0.05) is 25.8 Å². The molecule has 1 nitrogen and oxygen atoms in total. The summed E-state index contributed by atoms with van der Waals surface area (Å²) in [5.41, 5.74) is 4.03. The van der Waals surface area contributed by atoms with E-state index in [9.17, 15) is 0 Å². The van der Waals surface area contributed by atoms with E-state index in [-0.39, 0.29) is 0 Å². The summed E-state index contributed by atoms with van der Waals surface area (Å²) in [5.74, 6) is 2.22. The Morgan fingerprint density at radius 2 is 2.05 bits per heavy atom. The minimum Gasteiger partial charge on any atom is -0.377 e. The van der Waals surface area contributed by atoms with Gasteiger partial charge < -0.3 is 5.32 Å². The molecule has 0 spiro atoms. The van der Waals surface area contributed by atoms with Gasteiger partial charge in [-0.3, -0.25) is 0 Å². The number of fused-ring (bicyclic) bond motifs is 1. The molecule has 0 amide bonds. The molecule has 3 rings (SSSR count). The highest BCUT2D eigenvalue weighted by molar-refractivity contribution is 14.1. The number of halogens is 2. The Morgan fingerprint density at radius 3 is 2.89 bits per heavy atom. The predicted octanol–water partition coefficient (Wildman–Crippen LogP) is 5.34. The van der Waals surface area contributed by atoms with Gasteiger partial charge in [0.25, 0.3) is 0 Å². The third-order valence-corrected chi connectivity index (χ3v) is 5.45. The second-order valence-electron chi connectivity index (χ2n) is 4.54. The van der Waals surface area contributed by atoms with E-state index in [1.165, 1.54) is 11.1 Å². The van der Waals surface area contributed by atoms with Crippen LogP contribution in [0.25, 0.3) is 0 Å². The van der Waals surface area contributed by atoms with Crippen LogP contribution in [0.4, 0.5) is 5.69 Å². The molecule has 0 saturated heterocycles. The van der Waals surface area contributed by atoms with Crippen LogP contribution in [0.1, 0.15) is 17.2 Å². The molecule has 98 valence electrons. The van der Waals surface area contributed by atoms with Crippen LogP contribution >= 0.6 is 46.0 Å². The highest BCUT2D eigenvalue weighted by Gasteiger charge is 2.20. The van der Waals surface area contributed by atoms with Crippen LogP contribution in [0, 0.1) is 3.57 Å². The van der Waals surface area contributed by atoms with Gasteiger partial charge >= 0.3 is 0 Å². The Balaban J connectivity index is 1.88. The van der Waals surface area contributed by atoms with E-state index < -0.39 is 0 Å². The van der Waals surface area contributed by atoms with E-state index in [1.54, 1.807) is 0 Å². The fourth-order valence-corrected chi connectivity index (χ4v) is 4.42. The van der Waals surface area contributed by atoms with Gasteiger partial charge in [-0.2, -0.15) is 11.8 Å². The normalized spacial score (nSPS) is 17.9. The van der Waals surface area contributed by atoms with Crippen molar-refractivity contribution in [1.82, 2.24) is 0 Å². The van der Waals surface area contributed by atoms with Gasteiger partial charge in [0.1, 0.15) is 0 Å². The Labute approximate surface area is 136 Å². The SMILES string of the molecule is Clc1ccc(NC2CSCc3ccccc32)c(I)c1. The van der Waals surface area contributed by atoms with E-state index in [1.807, 2.05) is 23.9 Å². The number of thioether (sulfide) groups is 1. The average molecular weight is 402 g/mol. The van der Waals surface area contributed by atoms with Crippen molar-refractivity contribution in [3.63, 3.8) is 0 Å². The van der Waals surface area contributed by atoms with Crippen molar-refractivity contribution >= 4 is 51.6 Å². The zero-order valence-electron chi connectivity index (χ0n) is 10.2. The Bertz CT molecular complexity index is 602. The number of hydrogen-bond donors (Lipinski definition) is 1. The predicted molar refractivity (Wildman–Crippen MR) is 93.1 cm³/mol. The molecule has 0 radical (unpaired) electrons. The summed E-state index contributed by atoms with van der Waals surface area (Å²) in [5, 5.41) is 4.43. The third kappa shape index (κ3) is 3.03. The maximum absolute atomic E-state index is 6.00. The van der Waals surface area contributed by atoms with Crippen LogP contribution < -0.4 is 5.32 Å². The first kappa shape index (κ1) is 13.6. The molecule has 1 aliphatic rings. The van der Waals surface area contributed by atoms with Crippen molar-refractivity contribution in [2.75, 3.05) is 11.1 Å². The molecule has 1 aliphatic heterocycles. The monoisotopic (exact) mass is 401 g/mol. The highest BCUT2D eigenvalue weighted by atomic mass is 127. The van der Waals surface area contributed by atoms with Gasteiger partial charge in [0.05, 0.1) is 6.04 Å². The first-order valence-corrected chi connectivity index (χ1v) is 8.72. The molecule has 1 heterocycles. The maximum atomic E-state index is 6.00. The van der Waals surface area contributed by atoms with Gasteiger partial charge in [-0.25, -0.2) is 0 Å². The van der Waals surface area contributed by atoms with Crippen LogP contribution in [0.15, 0.2) is 42.5 Å². The quantitative estimate of drug-likeness (QED) is 0.681. The van der Waals surface area contributed by atoms with Crippen molar-refractivity contribution in [1.29, 1.82) is 0 Å². The Morgan fingerprint density at radius 1 is 1.21 bits per heavy atom. The molecular formula is C15H13ClINS. The fourth-order valence-electron chi connectivity index (χ4n) is 2.30. The molecule has 1 unspecified atom stereocenters. The summed E-state index contributed by atoms with van der Waals surface area (Å²) in [6.07, 6.45) is 0. The first-order valence-electron chi connectivity index (χ1n) is 6.11. The molecule has 1 N–H and O–H groups in total. The van der Waals surface area contributed by atoms with Crippen molar-refractivity contribution in [3.05, 3.63) is 62.2 Å². The number of rotatable bonds is 2. The van der Waals surface area contributed by atoms with Crippen molar-refractivity contribution in [2.45, 2.75) is 11.8 Å². The molecule has 0 bridgehead atoms. The van der Waals surface area contributed by atoms with Crippen molar-refractivity contribution in [2.24, 2.45) is 0 Å². The van der Waals surface area contributed by atoms with E-state index >= 15 is 0 Å². The van der Waals surface area contributed by atoms with Gasteiger partial charge in [-0.15, -0.1) is 0 Å². The summed E-state index contributed by atoms with van der Waals surface area (Å²) in [4.78, 5) is 0. The summed E-state index contributed by atoms with van der Waals surface area (Å²) in [6.45, 7) is 0. The van der Waals surface area contributed by atoms with E-state index in [0.29, 0.717) is 6.04 Å². The molecular weight excluding hydrogens is 389 g/mol. The average Bonchev–Trinajstić information content (AvgIpc) is 2.42. The highest BCUT2D eigenvalue weighted by Crippen LogP contribution is 2.35. The maximum Gasteiger partial charge on any atom is 0.0607 e. The lowest BCUT2D eigenvalue weighted by Gasteiger charge is -2.27. The molecule has 0 aliphatic carbocycles. The van der Waals surface area contributed by atoms with Crippen LogP contribution in [-0.4, -0.2) is 5.75 Å². The van der Waals surface area contributed by atoms with Crippen LogP contribution in [-0.2, 0) is 5.75 Å². The zero-order valence-corrected chi connectivity index (χ0v) is 13.9. The molecule has 4 heteroatoms. The first-order chi connectivity index (χ1) is 9.24. The zero-order chi connectivity index (χ0) is 13.2. The van der Waals surface area contributed by atoms with Crippen molar-refractivity contribution < 1.29 is 0 Å². The second kappa shape index (κ2) is 5.94. The minimum atomic E-state index is 0.379. The third-order valence-electron chi connectivity index (χ3n) is 3.23. The lowest BCUT2D eigenvalue weighted by atomic mass is 10.0. The van der Waals surface area contributed by atoms with Crippen molar-refractivity contribution in [3.8, 4) is 0 Å². The lowest BCUT2D eigenvalue weighted by Crippen LogP contribution is -2.19. The number of nitrogens with one attached hydrogen (secondary N) is 1. The molecule has 2 aromatic rings. The standard InChI is InChI=1S/C15H13ClINS/c16-11-5-6-14(13(17)7-11)18-15-9-19-8-10-3-1-2-4-12(10)15/h1-7,15,18H,8-9H2. The van der Waals surface area contributed by atoms with Crippen LogP contribution in [0.5, 0.6) is 0 Å². The summed E-state index contributed by atoms with van der Waals surface area (Å²) < 4.78 is 1.16. The fraction of sp³-hybridized carbons (Fsp3) is 0.200. The van der Waals surface area contributed by atoms with E-state index in [2.05, 4.69) is 58.2 Å². The van der Waals surface area contributed by atoms with Crippen LogP contribution in [0.2, 0.25) is 5.02 Å². The van der Waals surface area contributed by atoms with Gasteiger partial charge in [-0.1, -0.05) is 35.9 Å². The van der Waals surface area contributed by atoms with E-state index in [0.717, 1.165) is 25.8 Å². The number of benzene rings is 2. The largest absolute Gasteiger partial charge is 0.377 e. The van der Waals surface area contributed by atoms with E-state index in [4.69, 9.17) is 11.6 Å². The second-order valence-corrected chi connectivity index (χ2v) is 7.16. The lowest BCUT2D eigenvalue weighted by molar-refractivity contribution is 0.870. The molecule has 19 heavy (non-hydrogen) atoms. The molecule has 0 saturated carbocycles. The number of hydrogen-bond acceptors (Lipinski definition) is 2. The Kier molecular flexibility index (Phi) is 4.24. The smallest absolute Gasteiger partial charge is 0.0607 e. The molecule has 1 atom stereocenters. The molecule has 0 aromatic heterocycles. The molecule has 0 fully saturated rings. The minimum absolute atomic E-state index is 0.379. The summed E-state index contributed by atoms with van der Waals surface area (Å²) in [6, 6.07) is 15.1. The van der Waals surface area contributed by atoms with Gasteiger partial charge in [0.15, 0.2) is 0 Å². The summed E-state index contributed by atoms with van der Waals surface area (Å²) >= 11 is 10.3. The van der Waals surface area contributed by atoms with Gasteiger partial charge in [-0.05, 0) is 51.9 Å². The summed E-state index contributed by atoms with van der Waals surface area (Å²) in [7, 11) is 0. The number of anilines is 1. The van der Waals surface area contributed by atoms with Gasteiger partial charge in [0.2, 0.25) is 0 Å².